The van der Waals surface area contributed by atoms with Crippen LogP contribution in [-0.4, -0.2) is 76.7 Å². The number of ether oxygens (including phenoxy) is 1. The first-order valence-electron chi connectivity index (χ1n) is 12.4. The molecular formula is C27H31N5O4. The van der Waals surface area contributed by atoms with Gasteiger partial charge in [-0.2, -0.15) is 0 Å². The first-order valence-corrected chi connectivity index (χ1v) is 12.4. The van der Waals surface area contributed by atoms with Crippen LogP contribution in [0.15, 0.2) is 48.8 Å². The SMILES string of the molecule is Cc1cc(N2CCC(O)(CNC(=O)c3ccc(OCCN4CCCC4=O)cc3)C2)c2cnccc2n1. The van der Waals surface area contributed by atoms with E-state index in [0.717, 1.165) is 35.2 Å². The summed E-state index contributed by atoms with van der Waals surface area (Å²) in [6.45, 7) is 4.98. The molecule has 188 valence electrons. The normalized spacial score (nSPS) is 19.8. The van der Waals surface area contributed by atoms with Crippen molar-refractivity contribution in [2.75, 3.05) is 44.2 Å². The van der Waals surface area contributed by atoms with Gasteiger partial charge in [0.15, 0.2) is 0 Å². The maximum atomic E-state index is 12.7. The number of nitrogens with zero attached hydrogens (tertiary/aromatic N) is 4. The van der Waals surface area contributed by atoms with E-state index in [9.17, 15) is 14.7 Å². The molecule has 3 aromatic rings. The summed E-state index contributed by atoms with van der Waals surface area (Å²) >= 11 is 0. The molecule has 2 fully saturated rings. The van der Waals surface area contributed by atoms with Crippen LogP contribution < -0.4 is 15.0 Å². The quantitative estimate of drug-likeness (QED) is 0.500. The highest BCUT2D eigenvalue weighted by atomic mass is 16.5. The molecule has 2 amide bonds. The number of hydrogen-bond acceptors (Lipinski definition) is 7. The topological polar surface area (TPSA) is 108 Å². The van der Waals surface area contributed by atoms with Gasteiger partial charge in [0.25, 0.3) is 5.91 Å². The molecule has 5 rings (SSSR count). The number of amides is 2. The van der Waals surface area contributed by atoms with Crippen molar-refractivity contribution in [1.29, 1.82) is 0 Å². The minimum absolute atomic E-state index is 0.157. The van der Waals surface area contributed by atoms with Gasteiger partial charge >= 0.3 is 0 Å². The van der Waals surface area contributed by atoms with Crippen LogP contribution in [0.4, 0.5) is 5.69 Å². The fourth-order valence-corrected chi connectivity index (χ4v) is 4.91. The summed E-state index contributed by atoms with van der Waals surface area (Å²) in [5, 5.41) is 15.0. The second-order valence-corrected chi connectivity index (χ2v) is 9.61. The Morgan fingerprint density at radius 2 is 2.06 bits per heavy atom. The highest BCUT2D eigenvalue weighted by Gasteiger charge is 2.37. The molecule has 4 heterocycles. The van der Waals surface area contributed by atoms with Crippen LogP contribution in [0.1, 0.15) is 35.3 Å². The number of β-amino-alcohol motifs (C(OH)–C–C–N with tert-alkyl or cyclic N) is 1. The first-order chi connectivity index (χ1) is 17.4. The van der Waals surface area contributed by atoms with E-state index in [1.54, 1.807) is 36.7 Å². The van der Waals surface area contributed by atoms with Crippen LogP contribution in [0, 0.1) is 6.92 Å². The average molecular weight is 490 g/mol. The Hall–Kier alpha value is -3.72. The van der Waals surface area contributed by atoms with Gasteiger partial charge in [-0.15, -0.1) is 0 Å². The molecule has 1 aromatic carbocycles. The van der Waals surface area contributed by atoms with Crippen molar-refractivity contribution in [1.82, 2.24) is 20.2 Å². The molecule has 36 heavy (non-hydrogen) atoms. The molecule has 2 N–H and O–H groups in total. The van der Waals surface area contributed by atoms with Gasteiger partial charge < -0.3 is 25.0 Å². The van der Waals surface area contributed by atoms with E-state index in [-0.39, 0.29) is 18.4 Å². The standard InChI is InChI=1S/C27H31N5O4/c1-19-15-24(22-16-28-10-8-23(22)30-19)32-12-9-27(35,18-32)17-29-26(34)20-4-6-21(7-5-20)36-14-13-31-11-2-3-25(31)33/h4-8,10,15-16,35H,2-3,9,11-14,17-18H2,1H3,(H,29,34). The third kappa shape index (κ3) is 5.26. The van der Waals surface area contributed by atoms with Crippen LogP contribution in [0.2, 0.25) is 0 Å². The maximum Gasteiger partial charge on any atom is 0.251 e. The number of likely N-dealkylation sites (tertiary alicyclic amines) is 1. The molecular weight excluding hydrogens is 458 g/mol. The van der Waals surface area contributed by atoms with Crippen molar-refractivity contribution in [3.63, 3.8) is 0 Å². The van der Waals surface area contributed by atoms with Crippen molar-refractivity contribution in [2.24, 2.45) is 0 Å². The fraction of sp³-hybridized carbons (Fsp3) is 0.407. The van der Waals surface area contributed by atoms with Gasteiger partial charge in [-0.05, 0) is 56.2 Å². The molecule has 0 aliphatic carbocycles. The summed E-state index contributed by atoms with van der Waals surface area (Å²) in [5.41, 5.74) is 2.25. The van der Waals surface area contributed by atoms with E-state index in [1.165, 1.54) is 0 Å². The zero-order valence-electron chi connectivity index (χ0n) is 20.4. The van der Waals surface area contributed by atoms with Crippen LogP contribution in [-0.2, 0) is 4.79 Å². The van der Waals surface area contributed by atoms with Gasteiger partial charge in [-0.25, -0.2) is 0 Å². The fourth-order valence-electron chi connectivity index (χ4n) is 4.91. The van der Waals surface area contributed by atoms with Crippen molar-refractivity contribution in [2.45, 2.75) is 31.8 Å². The monoisotopic (exact) mass is 489 g/mol. The minimum atomic E-state index is -1.03. The average Bonchev–Trinajstić information content (AvgIpc) is 3.48. The molecule has 2 aliphatic heterocycles. The van der Waals surface area contributed by atoms with Crippen LogP contribution in [0.5, 0.6) is 5.75 Å². The largest absolute Gasteiger partial charge is 0.492 e. The predicted molar refractivity (Wildman–Crippen MR) is 136 cm³/mol. The van der Waals surface area contributed by atoms with Gasteiger partial charge in [-0.1, -0.05) is 0 Å². The summed E-state index contributed by atoms with van der Waals surface area (Å²) in [4.78, 5) is 37.1. The lowest BCUT2D eigenvalue weighted by molar-refractivity contribution is -0.128. The summed E-state index contributed by atoms with van der Waals surface area (Å²) in [7, 11) is 0. The predicted octanol–water partition coefficient (Wildman–Crippen LogP) is 2.31. The summed E-state index contributed by atoms with van der Waals surface area (Å²) in [6.07, 6.45) is 5.60. The van der Waals surface area contributed by atoms with Gasteiger partial charge in [0.05, 0.1) is 12.1 Å². The molecule has 1 atom stereocenters. The van der Waals surface area contributed by atoms with Gasteiger partial charge in [0.2, 0.25) is 5.91 Å². The van der Waals surface area contributed by atoms with Crippen LogP contribution in [0.3, 0.4) is 0 Å². The number of fused-ring (bicyclic) bond motifs is 1. The number of aliphatic hydroxyl groups is 1. The first kappa shape index (κ1) is 24.0. The van der Waals surface area contributed by atoms with Crippen LogP contribution >= 0.6 is 0 Å². The highest BCUT2D eigenvalue weighted by Crippen LogP contribution is 2.32. The number of carbonyl (C=O) groups excluding carboxylic acids is 2. The number of nitrogens with one attached hydrogen (secondary N) is 1. The summed E-state index contributed by atoms with van der Waals surface area (Å²) in [6, 6.07) is 10.8. The smallest absolute Gasteiger partial charge is 0.251 e. The third-order valence-corrected chi connectivity index (χ3v) is 6.89. The zero-order chi connectivity index (χ0) is 25.1. The Morgan fingerprint density at radius 1 is 1.22 bits per heavy atom. The molecule has 2 aliphatic rings. The Balaban J connectivity index is 1.14. The number of benzene rings is 1. The second kappa shape index (κ2) is 10.1. The lowest BCUT2D eigenvalue weighted by Gasteiger charge is -2.25. The number of anilines is 1. The lowest BCUT2D eigenvalue weighted by Crippen LogP contribution is -2.45. The lowest BCUT2D eigenvalue weighted by atomic mass is 10.0. The van der Waals surface area contributed by atoms with Gasteiger partial charge in [-0.3, -0.25) is 19.6 Å². The summed E-state index contributed by atoms with van der Waals surface area (Å²) in [5.74, 6) is 0.585. The van der Waals surface area contributed by atoms with Crippen molar-refractivity contribution < 1.29 is 19.4 Å². The van der Waals surface area contributed by atoms with Crippen molar-refractivity contribution >= 4 is 28.4 Å². The Kier molecular flexibility index (Phi) is 6.73. The number of rotatable bonds is 8. The molecule has 2 saturated heterocycles. The molecule has 9 nitrogen and oxygen atoms in total. The van der Waals surface area contributed by atoms with E-state index in [2.05, 4.69) is 20.2 Å². The minimum Gasteiger partial charge on any atom is -0.492 e. The number of aromatic nitrogens is 2. The van der Waals surface area contributed by atoms with E-state index in [1.807, 2.05) is 24.0 Å². The molecule has 2 aromatic heterocycles. The summed E-state index contributed by atoms with van der Waals surface area (Å²) < 4.78 is 5.72. The second-order valence-electron chi connectivity index (χ2n) is 9.61. The number of carbonyl (C=O) groups is 2. The van der Waals surface area contributed by atoms with Crippen LogP contribution in [0.25, 0.3) is 10.9 Å². The van der Waals surface area contributed by atoms with Crippen molar-refractivity contribution in [3.05, 3.63) is 60.0 Å². The third-order valence-electron chi connectivity index (χ3n) is 6.89. The molecule has 0 radical (unpaired) electrons. The van der Waals surface area contributed by atoms with E-state index in [4.69, 9.17) is 4.74 Å². The number of aryl methyl sites for hydroxylation is 1. The molecule has 0 bridgehead atoms. The zero-order valence-corrected chi connectivity index (χ0v) is 20.4. The van der Waals surface area contributed by atoms with Crippen molar-refractivity contribution in [3.8, 4) is 5.75 Å². The molecule has 0 saturated carbocycles. The number of pyridine rings is 2. The Morgan fingerprint density at radius 3 is 2.83 bits per heavy atom. The molecule has 9 heteroatoms. The highest BCUT2D eigenvalue weighted by molar-refractivity contribution is 5.94. The Bertz CT molecular complexity index is 1260. The van der Waals surface area contributed by atoms with E-state index >= 15 is 0 Å². The van der Waals surface area contributed by atoms with E-state index < -0.39 is 5.60 Å². The molecule has 0 spiro atoms. The Labute approximate surface area is 210 Å². The number of hydrogen-bond donors (Lipinski definition) is 2. The maximum absolute atomic E-state index is 12.7. The van der Waals surface area contributed by atoms with Gasteiger partial charge in [0.1, 0.15) is 18.0 Å². The van der Waals surface area contributed by atoms with E-state index in [0.29, 0.717) is 50.4 Å². The molecule has 1 unspecified atom stereocenters. The van der Waals surface area contributed by atoms with Gasteiger partial charge in [0, 0.05) is 67.3 Å².